The Kier molecular flexibility index (Phi) is 6.94. The Labute approximate surface area is 185 Å². The molecular formula is C20H25N5O6S. The van der Waals surface area contributed by atoms with E-state index in [1.807, 2.05) is 0 Å². The number of rotatable bonds is 7. The highest BCUT2D eigenvalue weighted by Gasteiger charge is 2.30. The van der Waals surface area contributed by atoms with E-state index in [1.165, 1.54) is 33.6 Å². The molecule has 2 aromatic rings. The van der Waals surface area contributed by atoms with Crippen LogP contribution in [-0.4, -0.2) is 72.7 Å². The second-order valence-electron chi connectivity index (χ2n) is 7.19. The van der Waals surface area contributed by atoms with Crippen LogP contribution in [0.15, 0.2) is 46.2 Å². The van der Waals surface area contributed by atoms with Gasteiger partial charge in [-0.25, -0.2) is 8.42 Å². The first kappa shape index (κ1) is 23.4. The van der Waals surface area contributed by atoms with Crippen molar-refractivity contribution >= 4 is 27.3 Å². The Bertz CT molecular complexity index is 1170. The molecule has 1 N–H and O–H groups in total. The molecule has 172 valence electrons. The molecule has 1 saturated heterocycles. The highest BCUT2D eigenvalue weighted by Crippen LogP contribution is 2.32. The standard InChI is InChI=1S/C20H25N5O6S/c1-3-24(4-2)32(30,31)15-7-8-17(18(14-15)25(28)29)22-10-12-23(13-11-22)20(27)16-6-5-9-21-19(16)26/h5-9,14H,3-4,10-13H2,1-2H3,(H,21,26). The van der Waals surface area contributed by atoms with Crippen molar-refractivity contribution in [3.63, 3.8) is 0 Å². The number of anilines is 1. The number of nitrogens with one attached hydrogen (secondary N) is 1. The molecule has 1 fully saturated rings. The zero-order valence-corrected chi connectivity index (χ0v) is 18.7. The maximum absolute atomic E-state index is 12.8. The number of H-pyrrole nitrogens is 1. The molecule has 3 rings (SSSR count). The van der Waals surface area contributed by atoms with E-state index in [0.717, 1.165) is 6.07 Å². The lowest BCUT2D eigenvalue weighted by Gasteiger charge is -2.35. The monoisotopic (exact) mass is 463 g/mol. The number of pyridine rings is 1. The van der Waals surface area contributed by atoms with Crippen LogP contribution in [0.4, 0.5) is 11.4 Å². The third-order valence-corrected chi connectivity index (χ3v) is 7.49. The summed E-state index contributed by atoms with van der Waals surface area (Å²) in [7, 11) is -3.83. The summed E-state index contributed by atoms with van der Waals surface area (Å²) in [5, 5.41) is 11.7. The third kappa shape index (κ3) is 4.50. The number of aromatic nitrogens is 1. The molecule has 11 nitrogen and oxygen atoms in total. The average molecular weight is 464 g/mol. The summed E-state index contributed by atoms with van der Waals surface area (Å²) in [4.78, 5) is 41.2. The van der Waals surface area contributed by atoms with Crippen molar-refractivity contribution in [2.24, 2.45) is 0 Å². The third-order valence-electron chi connectivity index (χ3n) is 5.44. The Hall–Kier alpha value is -3.25. The number of piperazine rings is 1. The van der Waals surface area contributed by atoms with E-state index < -0.39 is 26.4 Å². The van der Waals surface area contributed by atoms with Gasteiger partial charge in [-0.15, -0.1) is 0 Å². The summed E-state index contributed by atoms with van der Waals surface area (Å²) in [6.07, 6.45) is 1.44. The number of sulfonamides is 1. The van der Waals surface area contributed by atoms with Crippen LogP contribution >= 0.6 is 0 Å². The van der Waals surface area contributed by atoms with Crippen molar-refractivity contribution in [3.05, 3.63) is 62.6 Å². The molecule has 32 heavy (non-hydrogen) atoms. The maximum Gasteiger partial charge on any atom is 0.293 e. The Morgan fingerprint density at radius 1 is 1.16 bits per heavy atom. The van der Waals surface area contributed by atoms with E-state index in [2.05, 4.69) is 4.98 Å². The van der Waals surface area contributed by atoms with E-state index >= 15 is 0 Å². The van der Waals surface area contributed by atoms with Crippen LogP contribution in [0.25, 0.3) is 0 Å². The molecule has 1 aliphatic heterocycles. The van der Waals surface area contributed by atoms with Crippen LogP contribution in [0.2, 0.25) is 0 Å². The lowest BCUT2D eigenvalue weighted by molar-refractivity contribution is -0.384. The Morgan fingerprint density at radius 2 is 1.81 bits per heavy atom. The molecule has 12 heteroatoms. The number of amides is 1. The fourth-order valence-corrected chi connectivity index (χ4v) is 5.18. The molecule has 0 spiro atoms. The zero-order chi connectivity index (χ0) is 23.5. The van der Waals surface area contributed by atoms with Gasteiger partial charge in [0, 0.05) is 51.5 Å². The minimum Gasteiger partial charge on any atom is -0.362 e. The van der Waals surface area contributed by atoms with Gasteiger partial charge < -0.3 is 14.8 Å². The lowest BCUT2D eigenvalue weighted by atomic mass is 10.2. The summed E-state index contributed by atoms with van der Waals surface area (Å²) >= 11 is 0. The fraction of sp³-hybridized carbons (Fsp3) is 0.400. The van der Waals surface area contributed by atoms with Crippen molar-refractivity contribution in [1.82, 2.24) is 14.2 Å². The van der Waals surface area contributed by atoms with Crippen LogP contribution in [-0.2, 0) is 10.0 Å². The minimum atomic E-state index is -3.83. The summed E-state index contributed by atoms with van der Waals surface area (Å²) in [6.45, 7) is 5.07. The van der Waals surface area contributed by atoms with Gasteiger partial charge in [0.25, 0.3) is 17.2 Å². The minimum absolute atomic E-state index is 0.0397. The number of nitro groups is 1. The average Bonchev–Trinajstić information content (AvgIpc) is 2.79. The Morgan fingerprint density at radius 3 is 2.38 bits per heavy atom. The topological polar surface area (TPSA) is 137 Å². The van der Waals surface area contributed by atoms with Crippen LogP contribution in [0.1, 0.15) is 24.2 Å². The summed E-state index contributed by atoms with van der Waals surface area (Å²) < 4.78 is 26.7. The van der Waals surface area contributed by atoms with Gasteiger partial charge in [0.05, 0.1) is 9.82 Å². The SMILES string of the molecule is CCN(CC)S(=O)(=O)c1ccc(N2CCN(C(=O)c3ccc[nH]c3=O)CC2)c([N+](=O)[O-])c1. The van der Waals surface area contributed by atoms with E-state index in [0.29, 0.717) is 13.1 Å². The summed E-state index contributed by atoms with van der Waals surface area (Å²) in [5.74, 6) is -0.401. The molecular weight excluding hydrogens is 438 g/mol. The molecule has 1 aromatic carbocycles. The highest BCUT2D eigenvalue weighted by atomic mass is 32.2. The van der Waals surface area contributed by atoms with Crippen LogP contribution in [0.3, 0.4) is 0 Å². The molecule has 1 amide bonds. The number of aromatic amines is 1. The molecule has 0 atom stereocenters. The number of benzene rings is 1. The normalized spacial score (nSPS) is 14.6. The van der Waals surface area contributed by atoms with Gasteiger partial charge in [-0.2, -0.15) is 4.31 Å². The predicted molar refractivity (Wildman–Crippen MR) is 118 cm³/mol. The number of hydrogen-bond acceptors (Lipinski definition) is 7. The van der Waals surface area contributed by atoms with Gasteiger partial charge in [-0.3, -0.25) is 19.7 Å². The van der Waals surface area contributed by atoms with Gasteiger partial charge in [0.2, 0.25) is 10.0 Å². The summed E-state index contributed by atoms with van der Waals surface area (Å²) in [5.41, 5.74) is -0.450. The Balaban J connectivity index is 1.82. The van der Waals surface area contributed by atoms with E-state index in [-0.39, 0.29) is 48.0 Å². The molecule has 0 radical (unpaired) electrons. The number of nitrogens with zero attached hydrogens (tertiary/aromatic N) is 4. The summed E-state index contributed by atoms with van der Waals surface area (Å²) in [6, 6.07) is 6.92. The van der Waals surface area contributed by atoms with E-state index in [9.17, 15) is 28.1 Å². The van der Waals surface area contributed by atoms with Crippen molar-refractivity contribution < 1.29 is 18.1 Å². The second-order valence-corrected chi connectivity index (χ2v) is 9.13. The maximum atomic E-state index is 12.8. The largest absolute Gasteiger partial charge is 0.362 e. The van der Waals surface area contributed by atoms with Gasteiger partial charge in [0.15, 0.2) is 0 Å². The fourth-order valence-electron chi connectivity index (χ4n) is 3.70. The van der Waals surface area contributed by atoms with E-state index in [1.54, 1.807) is 24.8 Å². The first-order valence-corrected chi connectivity index (χ1v) is 11.6. The molecule has 0 saturated carbocycles. The van der Waals surface area contributed by atoms with Crippen molar-refractivity contribution in [3.8, 4) is 0 Å². The highest BCUT2D eigenvalue weighted by molar-refractivity contribution is 7.89. The lowest BCUT2D eigenvalue weighted by Crippen LogP contribution is -2.49. The van der Waals surface area contributed by atoms with Crippen molar-refractivity contribution in [2.45, 2.75) is 18.7 Å². The van der Waals surface area contributed by atoms with E-state index in [4.69, 9.17) is 0 Å². The quantitative estimate of drug-likeness (QED) is 0.482. The molecule has 1 aliphatic rings. The van der Waals surface area contributed by atoms with Gasteiger partial charge in [-0.05, 0) is 24.3 Å². The number of carbonyl (C=O) groups is 1. The molecule has 0 unspecified atom stereocenters. The number of nitro benzene ring substituents is 1. The van der Waals surface area contributed by atoms with Gasteiger partial charge >= 0.3 is 0 Å². The second kappa shape index (κ2) is 9.49. The predicted octanol–water partition coefficient (Wildman–Crippen LogP) is 1.28. The smallest absolute Gasteiger partial charge is 0.293 e. The number of hydrogen-bond donors (Lipinski definition) is 1. The molecule has 0 aliphatic carbocycles. The first-order valence-electron chi connectivity index (χ1n) is 10.2. The van der Waals surface area contributed by atoms with Gasteiger partial charge in [-0.1, -0.05) is 13.8 Å². The first-order chi connectivity index (χ1) is 15.2. The molecule has 2 heterocycles. The molecule has 0 bridgehead atoms. The van der Waals surface area contributed by atoms with Crippen LogP contribution in [0, 0.1) is 10.1 Å². The number of carbonyl (C=O) groups excluding carboxylic acids is 1. The van der Waals surface area contributed by atoms with Crippen LogP contribution in [0.5, 0.6) is 0 Å². The van der Waals surface area contributed by atoms with Gasteiger partial charge in [0.1, 0.15) is 11.3 Å². The van der Waals surface area contributed by atoms with Crippen molar-refractivity contribution in [2.75, 3.05) is 44.2 Å². The zero-order valence-electron chi connectivity index (χ0n) is 17.9. The van der Waals surface area contributed by atoms with Crippen molar-refractivity contribution in [1.29, 1.82) is 0 Å². The molecule has 1 aromatic heterocycles. The van der Waals surface area contributed by atoms with Crippen LogP contribution < -0.4 is 10.5 Å².